The summed E-state index contributed by atoms with van der Waals surface area (Å²) < 4.78 is 24.4. The molecule has 0 aliphatic heterocycles. The van der Waals surface area contributed by atoms with Crippen LogP contribution in [0.2, 0.25) is 0 Å². The van der Waals surface area contributed by atoms with Crippen LogP contribution in [0.5, 0.6) is 0 Å². The number of hydrogen-bond acceptors (Lipinski definition) is 4. The topological polar surface area (TPSA) is 88.2 Å². The summed E-state index contributed by atoms with van der Waals surface area (Å²) in [4.78, 5) is 16.4. The smallest absolute Gasteiger partial charge is 0.256 e. The van der Waals surface area contributed by atoms with Gasteiger partial charge in [0.1, 0.15) is 5.82 Å². The Hall–Kier alpha value is -2.25. The molecule has 1 amide bonds. The van der Waals surface area contributed by atoms with Gasteiger partial charge in [-0.05, 0) is 43.2 Å². The van der Waals surface area contributed by atoms with Gasteiger partial charge in [0, 0.05) is 17.8 Å². The van der Waals surface area contributed by atoms with E-state index in [-0.39, 0.29) is 5.91 Å². The van der Waals surface area contributed by atoms with Crippen LogP contribution in [0.15, 0.2) is 42.5 Å². The lowest BCUT2D eigenvalue weighted by atomic mass is 10.1. The van der Waals surface area contributed by atoms with Crippen LogP contribution >= 0.6 is 0 Å². The molecule has 2 aromatic rings. The number of rotatable bonds is 6. The summed E-state index contributed by atoms with van der Waals surface area (Å²) in [6.45, 7) is 2.19. The molecule has 1 aromatic carbocycles. The van der Waals surface area contributed by atoms with E-state index in [2.05, 4.69) is 15.0 Å². The van der Waals surface area contributed by atoms with Gasteiger partial charge < -0.3 is 5.32 Å². The van der Waals surface area contributed by atoms with Crippen LogP contribution in [0.4, 0.5) is 5.82 Å². The molecule has 0 spiro atoms. The number of carbonyl (C=O) groups excluding carboxylic acids is 1. The SMILES string of the molecule is Cc1cccc(NC(=O)c2ccc(CCNS(C)(=O)=O)cc2)n1. The van der Waals surface area contributed by atoms with Gasteiger partial charge in [0.05, 0.1) is 6.26 Å². The minimum atomic E-state index is -3.18. The molecule has 7 heteroatoms. The third-order valence-corrected chi connectivity index (χ3v) is 3.85. The standard InChI is InChI=1S/C16H19N3O3S/c1-12-4-3-5-15(18-12)19-16(20)14-8-6-13(7-9-14)10-11-17-23(2,21)22/h3-9,17H,10-11H2,1-2H3,(H,18,19,20). The second-order valence-corrected chi connectivity index (χ2v) is 7.06. The summed E-state index contributed by atoms with van der Waals surface area (Å²) in [6, 6.07) is 12.5. The van der Waals surface area contributed by atoms with Gasteiger partial charge in [-0.15, -0.1) is 0 Å². The van der Waals surface area contributed by atoms with Crippen molar-refractivity contribution in [3.05, 3.63) is 59.3 Å². The number of aromatic nitrogens is 1. The number of nitrogens with one attached hydrogen (secondary N) is 2. The molecule has 1 heterocycles. The average Bonchev–Trinajstić information content (AvgIpc) is 2.46. The van der Waals surface area contributed by atoms with Gasteiger partial charge in [0.15, 0.2) is 0 Å². The highest BCUT2D eigenvalue weighted by Crippen LogP contribution is 2.09. The van der Waals surface area contributed by atoms with E-state index in [1.54, 1.807) is 18.2 Å². The number of nitrogens with zero attached hydrogens (tertiary/aromatic N) is 1. The number of aryl methyl sites for hydroxylation is 1. The maximum Gasteiger partial charge on any atom is 0.256 e. The molecule has 0 aliphatic carbocycles. The molecule has 0 aliphatic rings. The van der Waals surface area contributed by atoms with Gasteiger partial charge in [-0.25, -0.2) is 18.1 Å². The summed E-state index contributed by atoms with van der Waals surface area (Å²) in [5.41, 5.74) is 2.30. The van der Waals surface area contributed by atoms with Gasteiger partial charge in [0.25, 0.3) is 5.91 Å². The molecule has 2 rings (SSSR count). The lowest BCUT2D eigenvalue weighted by molar-refractivity contribution is 0.102. The minimum absolute atomic E-state index is 0.232. The van der Waals surface area contributed by atoms with Crippen molar-refractivity contribution in [3.8, 4) is 0 Å². The lowest BCUT2D eigenvalue weighted by Crippen LogP contribution is -2.24. The Morgan fingerprint density at radius 3 is 2.43 bits per heavy atom. The summed E-state index contributed by atoms with van der Waals surface area (Å²) in [5, 5.41) is 2.74. The predicted molar refractivity (Wildman–Crippen MR) is 89.9 cm³/mol. The van der Waals surface area contributed by atoms with Crippen LogP contribution < -0.4 is 10.0 Å². The number of amides is 1. The van der Waals surface area contributed by atoms with Crippen LogP contribution in [0.25, 0.3) is 0 Å². The second kappa shape index (κ2) is 7.34. The zero-order valence-corrected chi connectivity index (χ0v) is 13.9. The molecule has 6 nitrogen and oxygen atoms in total. The van der Waals surface area contributed by atoms with Crippen molar-refractivity contribution in [1.82, 2.24) is 9.71 Å². The van der Waals surface area contributed by atoms with E-state index in [9.17, 15) is 13.2 Å². The van der Waals surface area contributed by atoms with Crippen molar-refractivity contribution in [3.63, 3.8) is 0 Å². The van der Waals surface area contributed by atoms with Crippen LogP contribution in [0.3, 0.4) is 0 Å². The molecule has 0 atom stereocenters. The van der Waals surface area contributed by atoms with E-state index in [4.69, 9.17) is 0 Å². The third kappa shape index (κ3) is 5.80. The zero-order valence-electron chi connectivity index (χ0n) is 13.0. The number of pyridine rings is 1. The molecule has 0 unspecified atom stereocenters. The zero-order chi connectivity index (χ0) is 16.9. The van der Waals surface area contributed by atoms with Gasteiger partial charge in [-0.1, -0.05) is 18.2 Å². The van der Waals surface area contributed by atoms with Crippen molar-refractivity contribution in [1.29, 1.82) is 0 Å². The molecule has 0 bridgehead atoms. The highest BCUT2D eigenvalue weighted by atomic mass is 32.2. The number of benzene rings is 1. The molecular formula is C16H19N3O3S. The first-order valence-electron chi connectivity index (χ1n) is 7.12. The van der Waals surface area contributed by atoms with Crippen molar-refractivity contribution < 1.29 is 13.2 Å². The average molecular weight is 333 g/mol. The van der Waals surface area contributed by atoms with Crippen molar-refractivity contribution in [2.24, 2.45) is 0 Å². The predicted octanol–water partition coefficient (Wildman–Crippen LogP) is 1.73. The molecular weight excluding hydrogens is 314 g/mol. The second-order valence-electron chi connectivity index (χ2n) is 5.23. The van der Waals surface area contributed by atoms with Crippen molar-refractivity contribution in [2.75, 3.05) is 18.1 Å². The lowest BCUT2D eigenvalue weighted by Gasteiger charge is -2.07. The van der Waals surface area contributed by atoms with E-state index in [0.29, 0.717) is 24.3 Å². The molecule has 23 heavy (non-hydrogen) atoms. The summed E-state index contributed by atoms with van der Waals surface area (Å²) in [5.74, 6) is 0.278. The molecule has 0 fully saturated rings. The summed E-state index contributed by atoms with van der Waals surface area (Å²) in [7, 11) is -3.18. The Morgan fingerprint density at radius 2 is 1.83 bits per heavy atom. The number of carbonyl (C=O) groups is 1. The fourth-order valence-corrected chi connectivity index (χ4v) is 2.48. The van der Waals surface area contributed by atoms with Crippen LogP contribution in [-0.4, -0.2) is 32.1 Å². The Labute approximate surface area is 136 Å². The fraction of sp³-hybridized carbons (Fsp3) is 0.250. The van der Waals surface area contributed by atoms with Crippen molar-refractivity contribution >= 4 is 21.7 Å². The van der Waals surface area contributed by atoms with Gasteiger partial charge in [-0.2, -0.15) is 0 Å². The Bertz CT molecular complexity index is 786. The van der Waals surface area contributed by atoms with Crippen LogP contribution in [0, 0.1) is 6.92 Å². The van der Waals surface area contributed by atoms with Gasteiger partial charge in [-0.3, -0.25) is 4.79 Å². The quantitative estimate of drug-likeness (QED) is 0.843. The van der Waals surface area contributed by atoms with Crippen LogP contribution in [0.1, 0.15) is 21.6 Å². The first-order chi connectivity index (χ1) is 10.8. The fourth-order valence-electron chi connectivity index (χ4n) is 2.00. The van der Waals surface area contributed by atoms with E-state index >= 15 is 0 Å². The minimum Gasteiger partial charge on any atom is -0.307 e. The highest BCUT2D eigenvalue weighted by Gasteiger charge is 2.07. The molecule has 122 valence electrons. The van der Waals surface area contributed by atoms with Gasteiger partial charge >= 0.3 is 0 Å². The normalized spacial score (nSPS) is 11.2. The summed E-state index contributed by atoms with van der Waals surface area (Å²) >= 11 is 0. The number of hydrogen-bond donors (Lipinski definition) is 2. The Kier molecular flexibility index (Phi) is 5.46. The molecule has 2 N–H and O–H groups in total. The Morgan fingerprint density at radius 1 is 1.13 bits per heavy atom. The van der Waals surface area contributed by atoms with E-state index < -0.39 is 10.0 Å². The maximum absolute atomic E-state index is 12.1. The van der Waals surface area contributed by atoms with E-state index in [0.717, 1.165) is 17.5 Å². The first-order valence-corrected chi connectivity index (χ1v) is 9.01. The van der Waals surface area contributed by atoms with Crippen molar-refractivity contribution in [2.45, 2.75) is 13.3 Å². The number of sulfonamides is 1. The monoisotopic (exact) mass is 333 g/mol. The van der Waals surface area contributed by atoms with E-state index in [1.807, 2.05) is 31.2 Å². The first kappa shape index (κ1) is 17.1. The Balaban J connectivity index is 1.94. The molecule has 0 saturated heterocycles. The molecule has 1 aromatic heterocycles. The molecule has 0 saturated carbocycles. The summed E-state index contributed by atoms with van der Waals surface area (Å²) in [6.07, 6.45) is 1.69. The van der Waals surface area contributed by atoms with Gasteiger partial charge in [0.2, 0.25) is 10.0 Å². The van der Waals surface area contributed by atoms with E-state index in [1.165, 1.54) is 0 Å². The molecule has 0 radical (unpaired) electrons. The largest absolute Gasteiger partial charge is 0.307 e. The number of anilines is 1. The van der Waals surface area contributed by atoms with Crippen LogP contribution in [-0.2, 0) is 16.4 Å². The maximum atomic E-state index is 12.1. The highest BCUT2D eigenvalue weighted by molar-refractivity contribution is 7.88. The third-order valence-electron chi connectivity index (χ3n) is 3.12.